The molecular weight excluding hydrogens is 475 g/mol. The molecular formula is C29H27BN6O2. The molecule has 0 spiro atoms. The highest BCUT2D eigenvalue weighted by Gasteiger charge is 2.24. The van der Waals surface area contributed by atoms with E-state index in [2.05, 4.69) is 20.7 Å². The van der Waals surface area contributed by atoms with Crippen molar-refractivity contribution in [3.05, 3.63) is 79.0 Å². The number of anilines is 2. The van der Waals surface area contributed by atoms with Gasteiger partial charge in [0.1, 0.15) is 19.4 Å². The molecule has 2 amide bonds. The Kier molecular flexibility index (Phi) is 6.33. The zero-order valence-electron chi connectivity index (χ0n) is 20.8. The molecule has 0 bridgehead atoms. The first-order valence-electron chi connectivity index (χ1n) is 12.8. The summed E-state index contributed by atoms with van der Waals surface area (Å²) in [6.07, 6.45) is 3.51. The summed E-state index contributed by atoms with van der Waals surface area (Å²) < 4.78 is 1.67. The van der Waals surface area contributed by atoms with Crippen molar-refractivity contribution in [2.75, 3.05) is 30.3 Å². The van der Waals surface area contributed by atoms with Gasteiger partial charge in [-0.2, -0.15) is 9.61 Å². The Hall–Kier alpha value is -4.53. The van der Waals surface area contributed by atoms with Crippen LogP contribution in [0.3, 0.4) is 0 Å². The van der Waals surface area contributed by atoms with E-state index in [1.54, 1.807) is 22.8 Å². The van der Waals surface area contributed by atoms with Gasteiger partial charge < -0.3 is 20.6 Å². The summed E-state index contributed by atoms with van der Waals surface area (Å²) in [7, 11) is 6.13. The molecule has 1 saturated heterocycles. The van der Waals surface area contributed by atoms with E-state index in [0.717, 1.165) is 41.7 Å². The monoisotopic (exact) mass is 502 g/mol. The number of phenolic OH excluding ortho intramolecular Hbond substituents is 1. The fourth-order valence-corrected chi connectivity index (χ4v) is 5.13. The number of amides is 2. The third-order valence-corrected chi connectivity index (χ3v) is 7.09. The van der Waals surface area contributed by atoms with Gasteiger partial charge in [0.2, 0.25) is 0 Å². The number of hydrogen-bond acceptors (Lipinski definition) is 5. The maximum absolute atomic E-state index is 13.2. The third kappa shape index (κ3) is 4.63. The van der Waals surface area contributed by atoms with Crippen LogP contribution in [0.4, 0.5) is 16.3 Å². The maximum atomic E-state index is 13.2. The number of para-hydroxylation sites is 1. The number of carbonyl (C=O) groups is 1. The minimum Gasteiger partial charge on any atom is -0.507 e. The summed E-state index contributed by atoms with van der Waals surface area (Å²) in [5.41, 5.74) is 3.02. The van der Waals surface area contributed by atoms with Crippen LogP contribution in [0.5, 0.6) is 5.75 Å². The van der Waals surface area contributed by atoms with Gasteiger partial charge >= 0.3 is 6.03 Å². The van der Waals surface area contributed by atoms with Crippen LogP contribution in [0.25, 0.3) is 27.7 Å². The maximum Gasteiger partial charge on any atom is 0.321 e. The number of nitrogens with one attached hydrogen (secondary N) is 2. The Bertz CT molecular complexity index is 1630. The summed E-state index contributed by atoms with van der Waals surface area (Å²) in [6.45, 7) is 2.02. The van der Waals surface area contributed by atoms with Gasteiger partial charge in [-0.1, -0.05) is 48.5 Å². The van der Waals surface area contributed by atoms with E-state index in [4.69, 9.17) is 7.85 Å². The average molecular weight is 502 g/mol. The summed E-state index contributed by atoms with van der Waals surface area (Å²) in [5, 5.41) is 23.5. The second-order valence-corrected chi connectivity index (χ2v) is 9.67. The van der Waals surface area contributed by atoms with Crippen molar-refractivity contribution in [2.45, 2.75) is 12.8 Å². The molecule has 1 unspecified atom stereocenters. The number of phenols is 1. The largest absolute Gasteiger partial charge is 0.507 e. The summed E-state index contributed by atoms with van der Waals surface area (Å²) in [6, 6.07) is 22.8. The number of hydrogen-bond donors (Lipinski definition) is 3. The molecule has 1 aliphatic heterocycles. The first kappa shape index (κ1) is 23.8. The van der Waals surface area contributed by atoms with Crippen LogP contribution in [-0.4, -0.2) is 58.1 Å². The van der Waals surface area contributed by atoms with Crippen molar-refractivity contribution in [3.63, 3.8) is 0 Å². The Morgan fingerprint density at radius 3 is 2.79 bits per heavy atom. The second-order valence-electron chi connectivity index (χ2n) is 9.67. The topological polar surface area (TPSA) is 94.8 Å². The van der Waals surface area contributed by atoms with E-state index in [0.29, 0.717) is 35.5 Å². The van der Waals surface area contributed by atoms with Gasteiger partial charge in [0.15, 0.2) is 5.65 Å². The van der Waals surface area contributed by atoms with E-state index in [-0.39, 0.29) is 17.7 Å². The van der Waals surface area contributed by atoms with Crippen molar-refractivity contribution in [3.8, 4) is 17.0 Å². The fraction of sp³-hybridized carbons (Fsp3) is 0.207. The van der Waals surface area contributed by atoms with Crippen molar-refractivity contribution in [1.29, 1.82) is 0 Å². The van der Waals surface area contributed by atoms with Gasteiger partial charge in [-0.3, -0.25) is 0 Å². The van der Waals surface area contributed by atoms with Crippen molar-refractivity contribution >= 4 is 47.3 Å². The standard InChI is InChI=1S/C29H27BN6O2/c30-23-17-32-36-27(15-25(33-28(23)36)22-11-3-4-13-26(22)37)31-16-19-7-6-14-35(18-19)29(38)34-24-12-5-9-20-8-1-2-10-21(20)24/h1-5,8-13,15,17,19,31,37H,6-7,14,16,18H2,(H,34,38). The van der Waals surface area contributed by atoms with E-state index >= 15 is 0 Å². The number of carbonyl (C=O) groups excluding carboxylic acids is 1. The summed E-state index contributed by atoms with van der Waals surface area (Å²) >= 11 is 0. The Morgan fingerprint density at radius 2 is 1.89 bits per heavy atom. The molecule has 38 heavy (non-hydrogen) atoms. The Labute approximate surface area is 221 Å². The van der Waals surface area contributed by atoms with Crippen LogP contribution >= 0.6 is 0 Å². The van der Waals surface area contributed by atoms with Gasteiger partial charge in [-0.05, 0) is 47.8 Å². The Morgan fingerprint density at radius 1 is 1.08 bits per heavy atom. The number of fused-ring (bicyclic) bond motifs is 2. The molecule has 2 radical (unpaired) electrons. The van der Waals surface area contributed by atoms with Crippen LogP contribution in [0.1, 0.15) is 12.8 Å². The van der Waals surface area contributed by atoms with Gasteiger partial charge in [0.25, 0.3) is 0 Å². The number of piperidine rings is 1. The number of urea groups is 1. The number of benzene rings is 3. The lowest BCUT2D eigenvalue weighted by Crippen LogP contribution is -2.44. The quantitative estimate of drug-likeness (QED) is 0.310. The van der Waals surface area contributed by atoms with Crippen LogP contribution in [-0.2, 0) is 0 Å². The van der Waals surface area contributed by atoms with E-state index in [1.165, 1.54) is 0 Å². The van der Waals surface area contributed by atoms with Crippen LogP contribution in [0, 0.1) is 5.92 Å². The molecule has 8 nitrogen and oxygen atoms in total. The lowest BCUT2D eigenvalue weighted by atomic mass is 9.98. The molecule has 6 rings (SSSR count). The molecule has 1 fully saturated rings. The highest BCUT2D eigenvalue weighted by atomic mass is 16.3. The molecule has 3 N–H and O–H groups in total. The molecule has 2 aromatic heterocycles. The van der Waals surface area contributed by atoms with Gasteiger partial charge in [0.05, 0.1) is 11.4 Å². The highest BCUT2D eigenvalue weighted by molar-refractivity contribution is 6.36. The molecule has 1 aliphatic rings. The lowest BCUT2D eigenvalue weighted by Gasteiger charge is -2.33. The van der Waals surface area contributed by atoms with E-state index in [1.807, 2.05) is 65.6 Å². The molecule has 3 aromatic carbocycles. The minimum atomic E-state index is -0.0842. The van der Waals surface area contributed by atoms with Crippen molar-refractivity contribution in [1.82, 2.24) is 19.5 Å². The first-order valence-corrected chi connectivity index (χ1v) is 12.8. The number of aromatic nitrogens is 3. The molecule has 5 aromatic rings. The molecule has 9 heteroatoms. The third-order valence-electron chi connectivity index (χ3n) is 7.09. The Balaban J connectivity index is 1.18. The number of likely N-dealkylation sites (tertiary alicyclic amines) is 1. The average Bonchev–Trinajstić information content (AvgIpc) is 3.33. The van der Waals surface area contributed by atoms with Crippen LogP contribution < -0.4 is 16.1 Å². The lowest BCUT2D eigenvalue weighted by molar-refractivity contribution is 0.180. The zero-order valence-corrected chi connectivity index (χ0v) is 20.8. The number of aromatic hydroxyl groups is 1. The SMILES string of the molecule is [B]c1cnn2c(NCC3CCCN(C(=O)Nc4cccc5ccccc45)C3)cc(-c3ccccc3O)nc12. The molecule has 3 heterocycles. The second kappa shape index (κ2) is 10.1. The molecule has 0 saturated carbocycles. The van der Waals surface area contributed by atoms with Gasteiger partial charge in [0, 0.05) is 42.8 Å². The number of rotatable bonds is 5. The number of nitrogens with zero attached hydrogens (tertiary/aromatic N) is 4. The van der Waals surface area contributed by atoms with E-state index in [9.17, 15) is 9.90 Å². The summed E-state index contributed by atoms with van der Waals surface area (Å²) in [4.78, 5) is 19.7. The highest BCUT2D eigenvalue weighted by Crippen LogP contribution is 2.30. The summed E-state index contributed by atoms with van der Waals surface area (Å²) in [5.74, 6) is 1.13. The molecule has 0 aliphatic carbocycles. The predicted molar refractivity (Wildman–Crippen MR) is 151 cm³/mol. The molecule has 188 valence electrons. The normalized spacial score (nSPS) is 15.6. The fourth-order valence-electron chi connectivity index (χ4n) is 5.13. The van der Waals surface area contributed by atoms with Crippen molar-refractivity contribution < 1.29 is 9.90 Å². The molecule has 1 atom stereocenters. The zero-order chi connectivity index (χ0) is 26.1. The van der Waals surface area contributed by atoms with Gasteiger partial charge in [-0.15, -0.1) is 0 Å². The van der Waals surface area contributed by atoms with Crippen molar-refractivity contribution in [2.24, 2.45) is 5.92 Å². The minimum absolute atomic E-state index is 0.0842. The van der Waals surface area contributed by atoms with Crippen LogP contribution in [0.15, 0.2) is 79.0 Å². The van der Waals surface area contributed by atoms with E-state index < -0.39 is 0 Å². The van der Waals surface area contributed by atoms with Crippen LogP contribution in [0.2, 0.25) is 0 Å². The van der Waals surface area contributed by atoms with Gasteiger partial charge in [-0.25, -0.2) is 9.78 Å². The first-order chi connectivity index (χ1) is 18.6. The predicted octanol–water partition coefficient (Wildman–Crippen LogP) is 4.40. The smallest absolute Gasteiger partial charge is 0.321 e.